The first-order valence-electron chi connectivity index (χ1n) is 7.27. The van der Waals surface area contributed by atoms with Gasteiger partial charge in [-0.05, 0) is 33.3 Å². The molecule has 2 atom stereocenters. The Morgan fingerprint density at radius 3 is 2.61 bits per heavy atom. The zero-order valence-corrected chi connectivity index (χ0v) is 13.9. The molecule has 5 N–H and O–H groups in total. The van der Waals surface area contributed by atoms with E-state index in [-0.39, 0.29) is 30.2 Å². The maximum Gasteiger partial charge on any atom is 0.407 e. The largest absolute Gasteiger partial charge is 0.481 e. The summed E-state index contributed by atoms with van der Waals surface area (Å²) < 4.78 is 10.0. The van der Waals surface area contributed by atoms with Gasteiger partial charge < -0.3 is 30.7 Å². The van der Waals surface area contributed by atoms with Gasteiger partial charge in [0, 0.05) is 12.6 Å². The van der Waals surface area contributed by atoms with Crippen molar-refractivity contribution < 1.29 is 24.5 Å². The molecule has 0 saturated carbocycles. The number of aliphatic hydroxyl groups is 2. The van der Waals surface area contributed by atoms with Gasteiger partial charge >= 0.3 is 6.09 Å². The van der Waals surface area contributed by atoms with Crippen molar-refractivity contribution in [2.75, 3.05) is 19.4 Å². The quantitative estimate of drug-likeness (QED) is 0.613. The Morgan fingerprint density at radius 2 is 2.04 bits per heavy atom. The molecule has 1 amide bonds. The van der Waals surface area contributed by atoms with Crippen LogP contribution in [0.25, 0.3) is 0 Å². The zero-order valence-electron chi connectivity index (χ0n) is 13.9. The lowest BCUT2D eigenvalue weighted by molar-refractivity contribution is 0.0101. The number of alkyl carbamates (subject to hydrolysis) is 1. The van der Waals surface area contributed by atoms with Crippen molar-refractivity contribution in [1.82, 2.24) is 10.3 Å². The molecule has 0 saturated heterocycles. The number of rotatable bonds is 6. The molecular weight excluding hydrogens is 302 g/mol. The topological polar surface area (TPSA) is 127 Å². The normalized spacial score (nSPS) is 14.0. The molecule has 8 heteroatoms. The number of nitrogens with zero attached hydrogens (tertiary/aromatic N) is 1. The fourth-order valence-electron chi connectivity index (χ4n) is 1.79. The Balaban J connectivity index is 2.54. The molecule has 0 bridgehead atoms. The van der Waals surface area contributed by atoms with Crippen molar-refractivity contribution in [3.05, 3.63) is 17.8 Å². The molecular formula is C15H25N3O5. The number of ether oxygens (including phenoxy) is 2. The van der Waals surface area contributed by atoms with Crippen molar-refractivity contribution in [3.63, 3.8) is 0 Å². The lowest BCUT2D eigenvalue weighted by Crippen LogP contribution is -2.34. The van der Waals surface area contributed by atoms with Gasteiger partial charge in [0.2, 0.25) is 5.88 Å². The number of aliphatic hydroxyl groups excluding tert-OH is 2. The van der Waals surface area contributed by atoms with Crippen molar-refractivity contribution in [3.8, 4) is 5.88 Å². The van der Waals surface area contributed by atoms with Crippen LogP contribution in [0.2, 0.25) is 0 Å². The molecule has 0 aliphatic heterocycles. The van der Waals surface area contributed by atoms with Crippen LogP contribution in [-0.2, 0) is 4.74 Å². The molecule has 0 spiro atoms. The monoisotopic (exact) mass is 327 g/mol. The lowest BCUT2D eigenvalue weighted by Gasteiger charge is -2.21. The molecule has 1 aromatic rings. The number of nitrogens with one attached hydrogen (secondary N) is 1. The first kappa shape index (κ1) is 19.0. The van der Waals surface area contributed by atoms with Gasteiger partial charge in [-0.25, -0.2) is 9.78 Å². The molecule has 1 heterocycles. The van der Waals surface area contributed by atoms with Gasteiger partial charge in [0.15, 0.2) is 0 Å². The Kier molecular flexibility index (Phi) is 6.59. The van der Waals surface area contributed by atoms with E-state index < -0.39 is 23.9 Å². The minimum atomic E-state index is -1.29. The smallest absolute Gasteiger partial charge is 0.407 e. The molecule has 0 radical (unpaired) electrons. The summed E-state index contributed by atoms with van der Waals surface area (Å²) in [6.07, 6.45) is -2.91. The molecule has 0 fully saturated rings. The molecule has 23 heavy (non-hydrogen) atoms. The van der Waals surface area contributed by atoms with E-state index in [0.717, 1.165) is 0 Å². The molecule has 1 aromatic heterocycles. The molecule has 8 nitrogen and oxygen atoms in total. The van der Waals surface area contributed by atoms with Crippen molar-refractivity contribution in [2.45, 2.75) is 45.0 Å². The van der Waals surface area contributed by atoms with Crippen LogP contribution < -0.4 is 15.8 Å². The van der Waals surface area contributed by atoms with E-state index >= 15 is 0 Å². The van der Waals surface area contributed by atoms with E-state index in [9.17, 15) is 15.0 Å². The first-order valence-corrected chi connectivity index (χ1v) is 7.27. The summed E-state index contributed by atoms with van der Waals surface area (Å²) in [5.41, 5.74) is 5.54. The number of carbonyl (C=O) groups is 1. The number of nitrogens with two attached hydrogens (primary N) is 1. The minimum absolute atomic E-state index is 0.110. The van der Waals surface area contributed by atoms with Crippen molar-refractivity contribution in [2.24, 2.45) is 0 Å². The summed E-state index contributed by atoms with van der Waals surface area (Å²) in [5, 5.41) is 22.7. The second-order valence-electron chi connectivity index (χ2n) is 6.06. The number of hydrogen-bond donors (Lipinski definition) is 4. The minimum Gasteiger partial charge on any atom is -0.481 e. The maximum atomic E-state index is 11.5. The number of pyridine rings is 1. The predicted octanol–water partition coefficient (Wildman–Crippen LogP) is 0.981. The summed E-state index contributed by atoms with van der Waals surface area (Å²) >= 11 is 0. The Bertz CT molecular complexity index is 530. The highest BCUT2D eigenvalue weighted by atomic mass is 16.6. The number of aromatic nitrogens is 1. The van der Waals surface area contributed by atoms with Crippen LogP contribution in [0.1, 0.15) is 39.0 Å². The SMILES string of the molecule is COc1ccc(N)c(C(O)C(O)CCNC(=O)OC(C)(C)C)n1. The molecule has 130 valence electrons. The van der Waals surface area contributed by atoms with E-state index in [1.807, 2.05) is 0 Å². The average Bonchev–Trinajstić information content (AvgIpc) is 2.45. The Morgan fingerprint density at radius 1 is 1.39 bits per heavy atom. The summed E-state index contributed by atoms with van der Waals surface area (Å²) in [5.74, 6) is 0.285. The van der Waals surface area contributed by atoms with Crippen LogP contribution >= 0.6 is 0 Å². The summed E-state index contributed by atoms with van der Waals surface area (Å²) in [4.78, 5) is 15.5. The van der Waals surface area contributed by atoms with Crippen LogP contribution in [0, 0.1) is 0 Å². The molecule has 0 aromatic carbocycles. The van der Waals surface area contributed by atoms with Crippen LogP contribution in [0.15, 0.2) is 12.1 Å². The summed E-state index contributed by atoms with van der Waals surface area (Å²) in [6.45, 7) is 5.39. The van der Waals surface area contributed by atoms with E-state index in [1.165, 1.54) is 13.2 Å². The Labute approximate surface area is 135 Å². The van der Waals surface area contributed by atoms with Crippen LogP contribution in [0.4, 0.5) is 10.5 Å². The average molecular weight is 327 g/mol. The van der Waals surface area contributed by atoms with E-state index in [0.29, 0.717) is 0 Å². The molecule has 0 aliphatic rings. The van der Waals surface area contributed by atoms with Crippen molar-refractivity contribution in [1.29, 1.82) is 0 Å². The van der Waals surface area contributed by atoms with Crippen molar-refractivity contribution >= 4 is 11.8 Å². The van der Waals surface area contributed by atoms with Crippen LogP contribution in [-0.4, -0.2) is 46.6 Å². The van der Waals surface area contributed by atoms with Gasteiger partial charge in [-0.3, -0.25) is 0 Å². The third kappa shape index (κ3) is 6.29. The Hall–Kier alpha value is -2.06. The van der Waals surface area contributed by atoms with Gasteiger partial charge in [-0.2, -0.15) is 0 Å². The van der Waals surface area contributed by atoms with Gasteiger partial charge in [-0.1, -0.05) is 0 Å². The number of nitrogen functional groups attached to an aromatic ring is 1. The predicted molar refractivity (Wildman–Crippen MR) is 85.0 cm³/mol. The molecule has 2 unspecified atom stereocenters. The van der Waals surface area contributed by atoms with Gasteiger partial charge in [0.1, 0.15) is 11.7 Å². The zero-order chi connectivity index (χ0) is 17.6. The highest BCUT2D eigenvalue weighted by molar-refractivity contribution is 5.67. The molecule has 1 rings (SSSR count). The fraction of sp³-hybridized carbons (Fsp3) is 0.600. The third-order valence-electron chi connectivity index (χ3n) is 2.89. The second-order valence-corrected chi connectivity index (χ2v) is 6.06. The van der Waals surface area contributed by atoms with Gasteiger partial charge in [-0.15, -0.1) is 0 Å². The highest BCUT2D eigenvalue weighted by Crippen LogP contribution is 2.24. The van der Waals surface area contributed by atoms with E-state index in [1.54, 1.807) is 26.8 Å². The fourth-order valence-corrected chi connectivity index (χ4v) is 1.79. The highest BCUT2D eigenvalue weighted by Gasteiger charge is 2.23. The van der Waals surface area contributed by atoms with Gasteiger partial charge in [0.05, 0.1) is 24.6 Å². The number of anilines is 1. The van der Waals surface area contributed by atoms with Gasteiger partial charge in [0.25, 0.3) is 0 Å². The second kappa shape index (κ2) is 7.98. The maximum absolute atomic E-state index is 11.5. The number of hydrogen-bond acceptors (Lipinski definition) is 7. The third-order valence-corrected chi connectivity index (χ3v) is 2.89. The number of methoxy groups -OCH3 is 1. The lowest BCUT2D eigenvalue weighted by atomic mass is 10.1. The van der Waals surface area contributed by atoms with E-state index in [4.69, 9.17) is 15.2 Å². The standard InChI is InChI=1S/C15H25N3O5/c1-15(2,3)23-14(21)17-8-7-10(19)13(20)12-9(16)5-6-11(18-12)22-4/h5-6,10,13,19-20H,7-8,16H2,1-4H3,(H,17,21). The molecule has 0 aliphatic carbocycles. The number of carbonyl (C=O) groups excluding carboxylic acids is 1. The van der Waals surface area contributed by atoms with Crippen LogP contribution in [0.5, 0.6) is 5.88 Å². The summed E-state index contributed by atoms with van der Waals surface area (Å²) in [7, 11) is 1.44. The number of amides is 1. The summed E-state index contributed by atoms with van der Waals surface area (Å²) in [6, 6.07) is 3.10. The van der Waals surface area contributed by atoms with E-state index in [2.05, 4.69) is 10.3 Å². The van der Waals surface area contributed by atoms with Crippen LogP contribution in [0.3, 0.4) is 0 Å². The first-order chi connectivity index (χ1) is 10.6.